The number of halogens is 1. The van der Waals surface area contributed by atoms with Gasteiger partial charge in [-0.05, 0) is 55.7 Å². The third kappa shape index (κ3) is 3.43. The highest BCUT2D eigenvalue weighted by Crippen LogP contribution is 2.44. The molecule has 0 saturated heterocycles. The Hall–Kier alpha value is -1.55. The largest absolute Gasteiger partial charge is 0.444 e. The molecule has 0 aromatic heterocycles. The van der Waals surface area contributed by atoms with Crippen molar-refractivity contribution >= 4 is 32.8 Å². The van der Waals surface area contributed by atoms with Gasteiger partial charge in [0.05, 0.1) is 0 Å². The number of ether oxygens (including phenoxy) is 1. The van der Waals surface area contributed by atoms with Gasteiger partial charge in [0.1, 0.15) is 5.60 Å². The molecule has 1 aliphatic carbocycles. The molecule has 0 spiro atoms. The van der Waals surface area contributed by atoms with Crippen LogP contribution in [0.25, 0.3) is 10.8 Å². The second kappa shape index (κ2) is 5.58. The maximum Gasteiger partial charge on any atom is 0.407 e. The maximum absolute atomic E-state index is 11.9. The van der Waals surface area contributed by atoms with Gasteiger partial charge in [-0.1, -0.05) is 40.2 Å². The minimum absolute atomic E-state index is 0.160. The first-order valence-corrected chi connectivity index (χ1v) is 8.30. The van der Waals surface area contributed by atoms with E-state index in [1.807, 2.05) is 26.8 Å². The van der Waals surface area contributed by atoms with Crippen LogP contribution in [0.5, 0.6) is 0 Å². The van der Waals surface area contributed by atoms with E-state index in [1.54, 1.807) is 0 Å². The van der Waals surface area contributed by atoms with Crippen molar-refractivity contribution in [3.8, 4) is 0 Å². The van der Waals surface area contributed by atoms with Crippen LogP contribution in [-0.2, 0) is 4.74 Å². The summed E-state index contributed by atoms with van der Waals surface area (Å²) in [6, 6.07) is 12.8. The number of amides is 1. The van der Waals surface area contributed by atoms with Crippen molar-refractivity contribution in [2.75, 3.05) is 0 Å². The molecule has 0 radical (unpaired) electrons. The van der Waals surface area contributed by atoms with Crippen molar-refractivity contribution in [1.29, 1.82) is 0 Å². The van der Waals surface area contributed by atoms with Crippen molar-refractivity contribution in [2.45, 2.75) is 44.8 Å². The minimum atomic E-state index is -0.461. The van der Waals surface area contributed by atoms with Crippen LogP contribution in [0.3, 0.4) is 0 Å². The Morgan fingerprint density at radius 3 is 2.73 bits per heavy atom. The summed E-state index contributed by atoms with van der Waals surface area (Å²) in [6.45, 7) is 5.62. The van der Waals surface area contributed by atoms with Gasteiger partial charge in [-0.2, -0.15) is 0 Å². The Kier molecular flexibility index (Phi) is 3.89. The summed E-state index contributed by atoms with van der Waals surface area (Å²) in [4.78, 5) is 11.9. The van der Waals surface area contributed by atoms with E-state index in [1.165, 1.54) is 16.3 Å². The second-order valence-electron chi connectivity index (χ2n) is 6.81. The SMILES string of the molecule is CC(C)(C)OC(=O)NC1CC1c1cc(Br)cc2ccccc12. The fourth-order valence-corrected chi connectivity index (χ4v) is 3.26. The standard InChI is InChI=1S/C18H20BrNO2/c1-18(2,3)22-17(21)20-16-10-15(16)14-9-12(19)8-11-6-4-5-7-13(11)14/h4-9,15-16H,10H2,1-3H3,(H,20,21). The van der Waals surface area contributed by atoms with Crippen LogP contribution >= 0.6 is 15.9 Å². The molecule has 0 aliphatic heterocycles. The average molecular weight is 362 g/mol. The molecule has 2 aromatic rings. The van der Waals surface area contributed by atoms with Crippen molar-refractivity contribution in [1.82, 2.24) is 5.32 Å². The van der Waals surface area contributed by atoms with Crippen LogP contribution in [0.4, 0.5) is 4.79 Å². The number of rotatable bonds is 2. The molecule has 2 aromatic carbocycles. The van der Waals surface area contributed by atoms with E-state index in [0.717, 1.165) is 10.9 Å². The Morgan fingerprint density at radius 1 is 1.27 bits per heavy atom. The monoisotopic (exact) mass is 361 g/mol. The number of alkyl carbamates (subject to hydrolysis) is 1. The van der Waals surface area contributed by atoms with Crippen LogP contribution in [0.1, 0.15) is 38.7 Å². The molecule has 1 saturated carbocycles. The van der Waals surface area contributed by atoms with Crippen molar-refractivity contribution < 1.29 is 9.53 Å². The molecule has 2 atom stereocenters. The van der Waals surface area contributed by atoms with Gasteiger partial charge >= 0.3 is 6.09 Å². The van der Waals surface area contributed by atoms with Crippen molar-refractivity contribution in [3.05, 3.63) is 46.4 Å². The van der Waals surface area contributed by atoms with E-state index < -0.39 is 5.60 Å². The zero-order valence-corrected chi connectivity index (χ0v) is 14.6. The average Bonchev–Trinajstić information content (AvgIpc) is 3.14. The quantitative estimate of drug-likeness (QED) is 0.818. The zero-order valence-electron chi connectivity index (χ0n) is 13.0. The van der Waals surface area contributed by atoms with Crippen LogP contribution in [0, 0.1) is 0 Å². The first-order chi connectivity index (χ1) is 10.3. The molecular formula is C18H20BrNO2. The van der Waals surface area contributed by atoms with Gasteiger partial charge in [-0.3, -0.25) is 0 Å². The first-order valence-electron chi connectivity index (χ1n) is 7.51. The van der Waals surface area contributed by atoms with Gasteiger partial charge in [0.25, 0.3) is 0 Å². The van der Waals surface area contributed by atoms with Gasteiger partial charge in [0.2, 0.25) is 0 Å². The highest BCUT2D eigenvalue weighted by Gasteiger charge is 2.41. The smallest absolute Gasteiger partial charge is 0.407 e. The minimum Gasteiger partial charge on any atom is -0.444 e. The van der Waals surface area contributed by atoms with Gasteiger partial charge in [0, 0.05) is 16.4 Å². The summed E-state index contributed by atoms with van der Waals surface area (Å²) in [5.41, 5.74) is 0.822. The summed E-state index contributed by atoms with van der Waals surface area (Å²) < 4.78 is 6.40. The highest BCUT2D eigenvalue weighted by molar-refractivity contribution is 9.10. The molecule has 1 fully saturated rings. The molecule has 0 heterocycles. The van der Waals surface area contributed by atoms with E-state index in [9.17, 15) is 4.79 Å². The molecule has 4 heteroatoms. The fourth-order valence-electron chi connectivity index (χ4n) is 2.77. The molecular weight excluding hydrogens is 342 g/mol. The molecule has 1 N–H and O–H groups in total. The number of nitrogens with one attached hydrogen (secondary N) is 1. The van der Waals surface area contributed by atoms with E-state index in [2.05, 4.69) is 51.6 Å². The van der Waals surface area contributed by atoms with E-state index in [0.29, 0.717) is 5.92 Å². The van der Waals surface area contributed by atoms with Gasteiger partial charge in [-0.15, -0.1) is 0 Å². The Labute approximate surface area is 139 Å². The van der Waals surface area contributed by atoms with Gasteiger partial charge < -0.3 is 10.1 Å². The van der Waals surface area contributed by atoms with Gasteiger partial charge in [-0.25, -0.2) is 4.79 Å². The van der Waals surface area contributed by atoms with E-state index in [-0.39, 0.29) is 12.1 Å². The van der Waals surface area contributed by atoms with E-state index >= 15 is 0 Å². The second-order valence-corrected chi connectivity index (χ2v) is 7.73. The Bertz CT molecular complexity index is 721. The predicted molar refractivity (Wildman–Crippen MR) is 92.2 cm³/mol. The predicted octanol–water partition coefficient (Wildman–Crippen LogP) is 4.98. The number of benzene rings is 2. The lowest BCUT2D eigenvalue weighted by Crippen LogP contribution is -2.34. The molecule has 116 valence electrons. The number of hydrogen-bond acceptors (Lipinski definition) is 2. The molecule has 3 nitrogen and oxygen atoms in total. The van der Waals surface area contributed by atoms with Crippen molar-refractivity contribution in [2.24, 2.45) is 0 Å². The lowest BCUT2D eigenvalue weighted by Gasteiger charge is -2.19. The van der Waals surface area contributed by atoms with Crippen LogP contribution in [0.15, 0.2) is 40.9 Å². The lowest BCUT2D eigenvalue weighted by molar-refractivity contribution is 0.0523. The summed E-state index contributed by atoms with van der Waals surface area (Å²) in [5, 5.41) is 5.44. The van der Waals surface area contributed by atoms with Crippen LogP contribution in [-0.4, -0.2) is 17.7 Å². The maximum atomic E-state index is 11.9. The van der Waals surface area contributed by atoms with Crippen molar-refractivity contribution in [3.63, 3.8) is 0 Å². The third-order valence-corrected chi connectivity index (χ3v) is 4.21. The Balaban J connectivity index is 1.76. The normalized spacial score (nSPS) is 20.7. The number of carbonyl (C=O) groups is 1. The molecule has 3 rings (SSSR count). The topological polar surface area (TPSA) is 38.3 Å². The summed E-state index contributed by atoms with van der Waals surface area (Å²) >= 11 is 3.58. The lowest BCUT2D eigenvalue weighted by atomic mass is 10.0. The molecule has 1 aliphatic rings. The van der Waals surface area contributed by atoms with E-state index in [4.69, 9.17) is 4.74 Å². The Morgan fingerprint density at radius 2 is 2.00 bits per heavy atom. The molecule has 0 bridgehead atoms. The summed E-state index contributed by atoms with van der Waals surface area (Å²) in [5.74, 6) is 0.356. The number of fused-ring (bicyclic) bond motifs is 1. The molecule has 1 amide bonds. The summed E-state index contributed by atoms with van der Waals surface area (Å²) in [6.07, 6.45) is 0.624. The summed E-state index contributed by atoms with van der Waals surface area (Å²) in [7, 11) is 0. The van der Waals surface area contributed by atoms with Crippen LogP contribution < -0.4 is 5.32 Å². The molecule has 22 heavy (non-hydrogen) atoms. The molecule has 2 unspecified atom stereocenters. The fraction of sp³-hybridized carbons (Fsp3) is 0.389. The number of hydrogen-bond donors (Lipinski definition) is 1. The zero-order chi connectivity index (χ0) is 15.9. The number of carbonyl (C=O) groups excluding carboxylic acids is 1. The first kappa shape index (κ1) is 15.3. The van der Waals surface area contributed by atoms with Gasteiger partial charge in [0.15, 0.2) is 0 Å². The van der Waals surface area contributed by atoms with Crippen LogP contribution in [0.2, 0.25) is 0 Å². The highest BCUT2D eigenvalue weighted by atomic mass is 79.9. The third-order valence-electron chi connectivity index (χ3n) is 3.75.